The number of nitrogens with two attached hydrogens (primary N) is 1. The summed E-state index contributed by atoms with van der Waals surface area (Å²) in [6, 6.07) is 7.47. The SMILES string of the molecule is CCC(C)CS(=O)CC(O)COc1ccccc1CN. The highest BCUT2D eigenvalue weighted by atomic mass is 32.2. The molecule has 0 fully saturated rings. The molecule has 3 atom stereocenters. The van der Waals surface area contributed by atoms with E-state index >= 15 is 0 Å². The molecule has 0 spiro atoms. The van der Waals surface area contributed by atoms with Crippen LogP contribution in [-0.4, -0.2) is 33.5 Å². The summed E-state index contributed by atoms with van der Waals surface area (Å²) in [5.74, 6) is 1.99. The number of hydrogen-bond acceptors (Lipinski definition) is 4. The van der Waals surface area contributed by atoms with Crippen LogP contribution < -0.4 is 10.5 Å². The van der Waals surface area contributed by atoms with Crippen LogP contribution >= 0.6 is 0 Å². The lowest BCUT2D eigenvalue weighted by Crippen LogP contribution is -2.26. The van der Waals surface area contributed by atoms with Gasteiger partial charge in [0.05, 0.1) is 11.9 Å². The Kier molecular flexibility index (Phi) is 7.80. The number of ether oxygens (including phenoxy) is 1. The second-order valence-corrected chi connectivity index (χ2v) is 6.61. The van der Waals surface area contributed by atoms with E-state index in [0.29, 0.717) is 24.0 Å². The molecule has 20 heavy (non-hydrogen) atoms. The fourth-order valence-corrected chi connectivity index (χ4v) is 3.30. The minimum Gasteiger partial charge on any atom is -0.491 e. The van der Waals surface area contributed by atoms with Gasteiger partial charge in [0.25, 0.3) is 0 Å². The quantitative estimate of drug-likeness (QED) is 0.727. The molecule has 1 rings (SSSR count). The Bertz CT molecular complexity index is 425. The summed E-state index contributed by atoms with van der Waals surface area (Å²) in [6.45, 7) is 4.68. The molecule has 5 heteroatoms. The molecule has 0 aliphatic carbocycles. The normalized spacial score (nSPS) is 15.6. The van der Waals surface area contributed by atoms with E-state index < -0.39 is 16.9 Å². The molecule has 1 aromatic carbocycles. The smallest absolute Gasteiger partial charge is 0.123 e. The Morgan fingerprint density at radius 3 is 2.70 bits per heavy atom. The van der Waals surface area contributed by atoms with E-state index in [1.165, 1.54) is 0 Å². The van der Waals surface area contributed by atoms with E-state index in [-0.39, 0.29) is 12.4 Å². The molecule has 3 N–H and O–H groups in total. The van der Waals surface area contributed by atoms with Crippen molar-refractivity contribution in [3.05, 3.63) is 29.8 Å². The van der Waals surface area contributed by atoms with Crippen molar-refractivity contribution in [2.75, 3.05) is 18.1 Å². The molecular formula is C15H25NO3S. The van der Waals surface area contributed by atoms with Crippen LogP contribution in [0.4, 0.5) is 0 Å². The Labute approximate surface area is 123 Å². The van der Waals surface area contributed by atoms with Crippen molar-refractivity contribution < 1.29 is 14.1 Å². The average molecular weight is 299 g/mol. The third kappa shape index (κ3) is 6.03. The molecule has 0 saturated heterocycles. The van der Waals surface area contributed by atoms with Crippen LogP contribution in [0.1, 0.15) is 25.8 Å². The number of rotatable bonds is 9. The topological polar surface area (TPSA) is 72.5 Å². The number of hydrogen-bond donors (Lipinski definition) is 2. The van der Waals surface area contributed by atoms with Gasteiger partial charge in [0.15, 0.2) is 0 Å². The second-order valence-electron chi connectivity index (χ2n) is 5.06. The summed E-state index contributed by atoms with van der Waals surface area (Å²) in [4.78, 5) is 0. The lowest BCUT2D eigenvalue weighted by molar-refractivity contribution is 0.125. The van der Waals surface area contributed by atoms with E-state index in [1.807, 2.05) is 24.3 Å². The first-order valence-corrected chi connectivity index (χ1v) is 8.49. The zero-order valence-corrected chi connectivity index (χ0v) is 13.1. The Morgan fingerprint density at radius 1 is 1.35 bits per heavy atom. The molecule has 4 nitrogen and oxygen atoms in total. The standard InChI is InChI=1S/C15H25NO3S/c1-3-12(2)10-20(18)11-14(17)9-19-15-7-5-4-6-13(15)8-16/h4-7,12,14,17H,3,8-11,16H2,1-2H3. The van der Waals surface area contributed by atoms with Gasteiger partial charge in [-0.15, -0.1) is 0 Å². The highest BCUT2D eigenvalue weighted by molar-refractivity contribution is 7.85. The molecule has 0 amide bonds. The maximum atomic E-state index is 11.8. The Morgan fingerprint density at radius 2 is 2.05 bits per heavy atom. The molecular weight excluding hydrogens is 274 g/mol. The molecule has 114 valence electrons. The highest BCUT2D eigenvalue weighted by Crippen LogP contribution is 2.17. The molecule has 1 aromatic rings. The largest absolute Gasteiger partial charge is 0.491 e. The fraction of sp³-hybridized carbons (Fsp3) is 0.600. The predicted molar refractivity (Wildman–Crippen MR) is 83.2 cm³/mol. The highest BCUT2D eigenvalue weighted by Gasteiger charge is 2.13. The molecule has 0 aromatic heterocycles. The van der Waals surface area contributed by atoms with Crippen LogP contribution in [0.2, 0.25) is 0 Å². The Hall–Kier alpha value is -0.910. The monoisotopic (exact) mass is 299 g/mol. The van der Waals surface area contributed by atoms with Crippen molar-refractivity contribution in [3.63, 3.8) is 0 Å². The maximum absolute atomic E-state index is 11.8. The molecule has 0 heterocycles. The molecule has 0 radical (unpaired) electrons. The van der Waals surface area contributed by atoms with Gasteiger partial charge in [0, 0.05) is 28.7 Å². The van der Waals surface area contributed by atoms with Crippen molar-refractivity contribution in [1.29, 1.82) is 0 Å². The van der Waals surface area contributed by atoms with Gasteiger partial charge >= 0.3 is 0 Å². The third-order valence-corrected chi connectivity index (χ3v) is 4.87. The van der Waals surface area contributed by atoms with E-state index in [2.05, 4.69) is 13.8 Å². The van der Waals surface area contributed by atoms with E-state index in [4.69, 9.17) is 10.5 Å². The summed E-state index contributed by atoms with van der Waals surface area (Å²) in [6.07, 6.45) is 0.285. The number of para-hydroxylation sites is 1. The number of benzene rings is 1. The summed E-state index contributed by atoms with van der Waals surface area (Å²) in [5, 5.41) is 9.88. The fourth-order valence-electron chi connectivity index (χ4n) is 1.77. The summed E-state index contributed by atoms with van der Waals surface area (Å²) < 4.78 is 17.4. The molecule has 0 aliphatic heterocycles. The van der Waals surface area contributed by atoms with Gasteiger partial charge in [-0.05, 0) is 12.0 Å². The van der Waals surface area contributed by atoms with Crippen molar-refractivity contribution in [3.8, 4) is 5.75 Å². The van der Waals surface area contributed by atoms with Crippen LogP contribution in [0.3, 0.4) is 0 Å². The lowest BCUT2D eigenvalue weighted by Gasteiger charge is -2.15. The molecule has 0 bridgehead atoms. The van der Waals surface area contributed by atoms with E-state index in [1.54, 1.807) is 0 Å². The minimum absolute atomic E-state index is 0.142. The van der Waals surface area contributed by atoms with Gasteiger partial charge in [0.2, 0.25) is 0 Å². The first kappa shape index (κ1) is 17.1. The zero-order chi connectivity index (χ0) is 15.0. The Balaban J connectivity index is 2.39. The van der Waals surface area contributed by atoms with Gasteiger partial charge in [-0.3, -0.25) is 4.21 Å². The van der Waals surface area contributed by atoms with Gasteiger partial charge < -0.3 is 15.6 Å². The van der Waals surface area contributed by atoms with E-state index in [0.717, 1.165) is 12.0 Å². The summed E-state index contributed by atoms with van der Waals surface area (Å²) >= 11 is 0. The van der Waals surface area contributed by atoms with Crippen LogP contribution in [0.15, 0.2) is 24.3 Å². The van der Waals surface area contributed by atoms with Crippen LogP contribution in [0.5, 0.6) is 5.75 Å². The van der Waals surface area contributed by atoms with Crippen LogP contribution in [0.25, 0.3) is 0 Å². The third-order valence-electron chi connectivity index (χ3n) is 3.17. The molecule has 0 aliphatic rings. The number of aliphatic hydroxyl groups is 1. The van der Waals surface area contributed by atoms with Gasteiger partial charge in [-0.1, -0.05) is 38.5 Å². The second kappa shape index (κ2) is 9.10. The van der Waals surface area contributed by atoms with Crippen LogP contribution in [0, 0.1) is 5.92 Å². The first-order chi connectivity index (χ1) is 9.56. The van der Waals surface area contributed by atoms with Crippen molar-refractivity contribution in [2.24, 2.45) is 11.7 Å². The number of aliphatic hydroxyl groups excluding tert-OH is 1. The van der Waals surface area contributed by atoms with E-state index in [9.17, 15) is 9.32 Å². The van der Waals surface area contributed by atoms with Gasteiger partial charge in [-0.25, -0.2) is 0 Å². The van der Waals surface area contributed by atoms with Crippen molar-refractivity contribution >= 4 is 10.8 Å². The zero-order valence-electron chi connectivity index (χ0n) is 12.2. The van der Waals surface area contributed by atoms with Crippen molar-refractivity contribution in [1.82, 2.24) is 0 Å². The van der Waals surface area contributed by atoms with Crippen molar-refractivity contribution in [2.45, 2.75) is 32.9 Å². The van der Waals surface area contributed by atoms with Gasteiger partial charge in [-0.2, -0.15) is 0 Å². The summed E-state index contributed by atoms with van der Waals surface area (Å²) in [7, 11) is -1.000. The average Bonchev–Trinajstić information content (AvgIpc) is 2.45. The maximum Gasteiger partial charge on any atom is 0.123 e. The van der Waals surface area contributed by atoms with Gasteiger partial charge in [0.1, 0.15) is 12.4 Å². The lowest BCUT2D eigenvalue weighted by atomic mass is 10.2. The van der Waals surface area contributed by atoms with Crippen LogP contribution in [-0.2, 0) is 17.3 Å². The molecule has 3 unspecified atom stereocenters. The first-order valence-electron chi connectivity index (χ1n) is 7.00. The molecule has 0 saturated carbocycles. The predicted octanol–water partition coefficient (Wildman–Crippen LogP) is 1.68. The minimum atomic E-state index is -1.000. The summed E-state index contributed by atoms with van der Waals surface area (Å²) in [5.41, 5.74) is 6.52.